The maximum absolute atomic E-state index is 6.70. The second-order valence-electron chi connectivity index (χ2n) is 8.66. The fraction of sp³-hybridized carbons (Fsp3) is 0.889. The number of nitrogens with zero attached hydrogens (tertiary/aromatic N) is 1. The van der Waals surface area contributed by atoms with E-state index in [0.717, 1.165) is 12.5 Å². The van der Waals surface area contributed by atoms with Gasteiger partial charge >= 0.3 is 0 Å². The molecule has 3 saturated heterocycles. The van der Waals surface area contributed by atoms with Crippen molar-refractivity contribution >= 4 is 0 Å². The molecule has 0 aromatic carbocycles. The first-order valence-electron chi connectivity index (χ1n) is 8.80. The van der Waals surface area contributed by atoms with Crippen molar-refractivity contribution in [2.45, 2.75) is 76.0 Å². The van der Waals surface area contributed by atoms with E-state index in [1.165, 1.54) is 25.7 Å². The minimum Gasteiger partial charge on any atom is -0.359 e. The Labute approximate surface area is 127 Å². The van der Waals surface area contributed by atoms with Crippen molar-refractivity contribution in [3.63, 3.8) is 0 Å². The van der Waals surface area contributed by atoms with Gasteiger partial charge in [-0.15, -0.1) is 0 Å². The summed E-state index contributed by atoms with van der Waals surface area (Å²) in [7, 11) is 0. The van der Waals surface area contributed by atoms with Crippen molar-refractivity contribution in [3.8, 4) is 0 Å². The molecule has 0 N–H and O–H groups in total. The zero-order chi connectivity index (χ0) is 14.4. The van der Waals surface area contributed by atoms with Crippen molar-refractivity contribution in [2.24, 2.45) is 17.8 Å². The van der Waals surface area contributed by atoms with Crippen LogP contribution >= 0.6 is 0 Å². The molecule has 7 atom stereocenters. The summed E-state index contributed by atoms with van der Waals surface area (Å²) in [5, 5.41) is 0. The van der Waals surface area contributed by atoms with Gasteiger partial charge in [-0.05, 0) is 45.1 Å². The lowest BCUT2D eigenvalue weighted by molar-refractivity contribution is -0.254. The SMILES string of the molecule is C[C@@H]1CC[C@@H]2[C@@H](C1)O[C@@H]1N(C[C@@H]3C[C@H]4C=C[C@]31O4)C2(C)C. The van der Waals surface area contributed by atoms with Crippen LogP contribution in [0.15, 0.2) is 12.2 Å². The highest BCUT2D eigenvalue weighted by Crippen LogP contribution is 2.57. The maximum Gasteiger partial charge on any atom is 0.144 e. The van der Waals surface area contributed by atoms with Crippen LogP contribution in [0, 0.1) is 17.8 Å². The van der Waals surface area contributed by atoms with E-state index in [9.17, 15) is 0 Å². The van der Waals surface area contributed by atoms with Gasteiger partial charge in [0.1, 0.15) is 11.8 Å². The number of rotatable bonds is 0. The summed E-state index contributed by atoms with van der Waals surface area (Å²) in [4.78, 5) is 2.64. The summed E-state index contributed by atoms with van der Waals surface area (Å²) in [6, 6.07) is 0. The Kier molecular flexibility index (Phi) is 2.45. The van der Waals surface area contributed by atoms with E-state index in [4.69, 9.17) is 9.47 Å². The molecule has 0 radical (unpaired) electrons. The minimum atomic E-state index is -0.131. The molecule has 0 amide bonds. The maximum atomic E-state index is 6.70. The number of hydrogen-bond donors (Lipinski definition) is 0. The first-order chi connectivity index (χ1) is 10.0. The molecule has 4 aliphatic heterocycles. The summed E-state index contributed by atoms with van der Waals surface area (Å²) in [6.45, 7) is 8.43. The Morgan fingerprint density at radius 2 is 2.05 bits per heavy atom. The van der Waals surface area contributed by atoms with Crippen LogP contribution in [0.3, 0.4) is 0 Å². The van der Waals surface area contributed by atoms with Gasteiger partial charge in [0.15, 0.2) is 0 Å². The first kappa shape index (κ1) is 13.1. The molecule has 3 nitrogen and oxygen atoms in total. The van der Waals surface area contributed by atoms with Crippen LogP contribution in [0.2, 0.25) is 0 Å². The van der Waals surface area contributed by atoms with Gasteiger partial charge in [0.2, 0.25) is 0 Å². The van der Waals surface area contributed by atoms with Crippen LogP contribution in [0.5, 0.6) is 0 Å². The molecule has 116 valence electrons. The van der Waals surface area contributed by atoms with Gasteiger partial charge in [-0.2, -0.15) is 0 Å². The van der Waals surface area contributed by atoms with Gasteiger partial charge in [-0.1, -0.05) is 19.4 Å². The molecule has 3 heteroatoms. The third-order valence-corrected chi connectivity index (χ3v) is 7.17. The van der Waals surface area contributed by atoms with Crippen LogP contribution in [-0.2, 0) is 9.47 Å². The Morgan fingerprint density at radius 1 is 1.19 bits per heavy atom. The molecule has 0 aromatic heterocycles. The Hall–Kier alpha value is -0.380. The number of hydrogen-bond acceptors (Lipinski definition) is 3. The number of fused-ring (bicyclic) bond motifs is 3. The lowest BCUT2D eigenvalue weighted by Gasteiger charge is -2.56. The summed E-state index contributed by atoms with van der Waals surface area (Å²) in [6.07, 6.45) is 10.6. The third-order valence-electron chi connectivity index (χ3n) is 7.17. The molecule has 21 heavy (non-hydrogen) atoms. The Bertz CT molecular complexity index is 501. The second kappa shape index (κ2) is 3.93. The van der Waals surface area contributed by atoms with Gasteiger partial charge in [-0.3, -0.25) is 4.90 Å². The average molecular weight is 289 g/mol. The fourth-order valence-corrected chi connectivity index (χ4v) is 5.94. The highest BCUT2D eigenvalue weighted by molar-refractivity contribution is 5.28. The van der Waals surface area contributed by atoms with Crippen molar-refractivity contribution in [2.75, 3.05) is 6.54 Å². The molecule has 1 aliphatic carbocycles. The summed E-state index contributed by atoms with van der Waals surface area (Å²) in [5.74, 6) is 2.12. The van der Waals surface area contributed by atoms with Crippen molar-refractivity contribution in [1.82, 2.24) is 4.90 Å². The van der Waals surface area contributed by atoms with Crippen LogP contribution in [0.1, 0.15) is 46.5 Å². The third kappa shape index (κ3) is 1.50. The molecule has 1 saturated carbocycles. The van der Waals surface area contributed by atoms with E-state index in [2.05, 4.69) is 37.8 Å². The van der Waals surface area contributed by atoms with E-state index in [-0.39, 0.29) is 17.4 Å². The first-order valence-corrected chi connectivity index (χ1v) is 8.80. The van der Waals surface area contributed by atoms with Gasteiger partial charge in [0.05, 0.1) is 12.2 Å². The van der Waals surface area contributed by atoms with E-state index in [0.29, 0.717) is 24.0 Å². The highest BCUT2D eigenvalue weighted by Gasteiger charge is 2.67. The summed E-state index contributed by atoms with van der Waals surface area (Å²) in [5.41, 5.74) is 0.107. The molecular formula is C18H27NO2. The largest absolute Gasteiger partial charge is 0.359 e. The second-order valence-corrected chi connectivity index (χ2v) is 8.66. The molecule has 4 heterocycles. The highest BCUT2D eigenvalue weighted by atomic mass is 16.6. The molecule has 2 bridgehead atoms. The monoisotopic (exact) mass is 289 g/mol. The van der Waals surface area contributed by atoms with E-state index < -0.39 is 0 Å². The van der Waals surface area contributed by atoms with Crippen LogP contribution in [0.25, 0.3) is 0 Å². The topological polar surface area (TPSA) is 21.7 Å². The summed E-state index contributed by atoms with van der Waals surface area (Å²) >= 11 is 0. The fourth-order valence-electron chi connectivity index (χ4n) is 5.94. The van der Waals surface area contributed by atoms with Gasteiger partial charge < -0.3 is 9.47 Å². The lowest BCUT2D eigenvalue weighted by atomic mass is 9.70. The van der Waals surface area contributed by atoms with E-state index in [1.54, 1.807) is 0 Å². The van der Waals surface area contributed by atoms with Crippen molar-refractivity contribution in [1.29, 1.82) is 0 Å². The number of ether oxygens (including phenoxy) is 2. The van der Waals surface area contributed by atoms with Gasteiger partial charge in [0.25, 0.3) is 0 Å². The lowest BCUT2D eigenvalue weighted by Crippen LogP contribution is -2.65. The Morgan fingerprint density at radius 3 is 2.86 bits per heavy atom. The molecule has 4 fully saturated rings. The molecule has 0 unspecified atom stereocenters. The predicted octanol–water partition coefficient (Wildman–Crippen LogP) is 2.96. The normalized spacial score (nSPS) is 57.1. The molecule has 5 rings (SSSR count). The molecule has 5 aliphatic rings. The minimum absolute atomic E-state index is 0.131. The van der Waals surface area contributed by atoms with Crippen LogP contribution in [0.4, 0.5) is 0 Å². The molecule has 0 aromatic rings. The van der Waals surface area contributed by atoms with Crippen molar-refractivity contribution < 1.29 is 9.47 Å². The summed E-state index contributed by atoms with van der Waals surface area (Å²) < 4.78 is 13.1. The smallest absolute Gasteiger partial charge is 0.144 e. The van der Waals surface area contributed by atoms with Crippen LogP contribution < -0.4 is 0 Å². The van der Waals surface area contributed by atoms with Crippen molar-refractivity contribution in [3.05, 3.63) is 12.2 Å². The van der Waals surface area contributed by atoms with Gasteiger partial charge in [0, 0.05) is 23.9 Å². The van der Waals surface area contributed by atoms with Crippen LogP contribution in [-0.4, -0.2) is 41.0 Å². The standard InChI is InChI=1S/C18H27NO2/c1-11-4-5-14-15(8-11)20-16-18-7-6-13(21-18)9-12(18)10-19(16)17(14,2)3/h6-7,11-16H,4-5,8-10H2,1-3H3/t11-,12+,13-,14-,15-,16+,18+/m1/s1. The zero-order valence-corrected chi connectivity index (χ0v) is 13.4. The molecular weight excluding hydrogens is 262 g/mol. The van der Waals surface area contributed by atoms with E-state index >= 15 is 0 Å². The van der Waals surface area contributed by atoms with Gasteiger partial charge in [-0.25, -0.2) is 0 Å². The zero-order valence-electron chi connectivity index (χ0n) is 13.4. The molecule has 1 spiro atoms. The van der Waals surface area contributed by atoms with E-state index in [1.807, 2.05) is 0 Å². The Balaban J connectivity index is 1.54. The average Bonchev–Trinajstić information content (AvgIpc) is 3.07. The quantitative estimate of drug-likeness (QED) is 0.640. The predicted molar refractivity (Wildman–Crippen MR) is 80.8 cm³/mol.